The number of hydrogen-bond donors (Lipinski definition) is 1. The van der Waals surface area contributed by atoms with Gasteiger partial charge in [-0.25, -0.2) is 0 Å². The van der Waals surface area contributed by atoms with E-state index < -0.39 is 0 Å². The first-order valence-electron chi connectivity index (χ1n) is 6.61. The summed E-state index contributed by atoms with van der Waals surface area (Å²) in [5.74, 6) is 2.68. The van der Waals surface area contributed by atoms with Gasteiger partial charge in [0.05, 0.1) is 0 Å². The molecule has 3 heteroatoms. The van der Waals surface area contributed by atoms with Gasteiger partial charge in [0, 0.05) is 18.3 Å². The molecule has 1 heterocycles. The SMILES string of the molecule is CCCN(CC(C)(C)CN)C1CCCSC1. The fraction of sp³-hybridized carbons (Fsp3) is 1.00. The third-order valence-corrected chi connectivity index (χ3v) is 4.55. The summed E-state index contributed by atoms with van der Waals surface area (Å²) in [5, 5.41) is 0. The molecule has 2 N–H and O–H groups in total. The molecule has 1 unspecified atom stereocenters. The van der Waals surface area contributed by atoms with E-state index >= 15 is 0 Å². The van der Waals surface area contributed by atoms with Crippen LogP contribution in [0.4, 0.5) is 0 Å². The van der Waals surface area contributed by atoms with Crippen molar-refractivity contribution in [2.45, 2.75) is 46.1 Å². The van der Waals surface area contributed by atoms with Crippen LogP contribution in [0.2, 0.25) is 0 Å². The maximum atomic E-state index is 5.85. The summed E-state index contributed by atoms with van der Waals surface area (Å²) in [6.45, 7) is 10.0. The molecule has 0 radical (unpaired) electrons. The first-order valence-corrected chi connectivity index (χ1v) is 7.76. The van der Waals surface area contributed by atoms with Crippen LogP contribution in [0, 0.1) is 5.41 Å². The Bertz CT molecular complexity index is 188. The van der Waals surface area contributed by atoms with Crippen molar-refractivity contribution in [1.82, 2.24) is 4.90 Å². The van der Waals surface area contributed by atoms with Gasteiger partial charge in [-0.2, -0.15) is 11.8 Å². The third kappa shape index (κ3) is 4.64. The van der Waals surface area contributed by atoms with Crippen LogP contribution in [-0.4, -0.2) is 42.1 Å². The molecule has 1 aliphatic heterocycles. The van der Waals surface area contributed by atoms with Gasteiger partial charge >= 0.3 is 0 Å². The van der Waals surface area contributed by atoms with E-state index in [9.17, 15) is 0 Å². The first kappa shape index (κ1) is 14.3. The van der Waals surface area contributed by atoms with E-state index in [-0.39, 0.29) is 5.41 Å². The van der Waals surface area contributed by atoms with Crippen molar-refractivity contribution in [3.05, 3.63) is 0 Å². The number of hydrogen-bond acceptors (Lipinski definition) is 3. The van der Waals surface area contributed by atoms with Crippen LogP contribution >= 0.6 is 11.8 Å². The zero-order valence-electron chi connectivity index (χ0n) is 11.2. The van der Waals surface area contributed by atoms with Crippen LogP contribution in [0.5, 0.6) is 0 Å². The second kappa shape index (κ2) is 6.87. The van der Waals surface area contributed by atoms with E-state index in [2.05, 4.69) is 37.4 Å². The topological polar surface area (TPSA) is 29.3 Å². The van der Waals surface area contributed by atoms with Crippen molar-refractivity contribution in [2.75, 3.05) is 31.1 Å². The Kier molecular flexibility index (Phi) is 6.16. The molecule has 0 amide bonds. The summed E-state index contributed by atoms with van der Waals surface area (Å²) < 4.78 is 0. The molecular formula is C13H28N2S. The normalized spacial score (nSPS) is 22.7. The van der Waals surface area contributed by atoms with Gasteiger partial charge in [-0.3, -0.25) is 4.90 Å². The summed E-state index contributed by atoms with van der Waals surface area (Å²) >= 11 is 2.12. The summed E-state index contributed by atoms with van der Waals surface area (Å²) in [4.78, 5) is 2.68. The largest absolute Gasteiger partial charge is 0.330 e. The molecule has 1 fully saturated rings. The Morgan fingerprint density at radius 2 is 2.19 bits per heavy atom. The maximum absolute atomic E-state index is 5.85. The molecule has 96 valence electrons. The highest BCUT2D eigenvalue weighted by Gasteiger charge is 2.26. The predicted molar refractivity (Wildman–Crippen MR) is 75.0 cm³/mol. The van der Waals surface area contributed by atoms with E-state index in [0.717, 1.165) is 19.1 Å². The number of nitrogens with zero attached hydrogens (tertiary/aromatic N) is 1. The molecular weight excluding hydrogens is 216 g/mol. The molecule has 1 saturated heterocycles. The molecule has 0 aliphatic carbocycles. The van der Waals surface area contributed by atoms with Gasteiger partial charge in [0.15, 0.2) is 0 Å². The molecule has 0 aromatic rings. The minimum Gasteiger partial charge on any atom is -0.330 e. The lowest BCUT2D eigenvalue weighted by atomic mass is 9.92. The number of rotatable bonds is 6. The van der Waals surface area contributed by atoms with E-state index in [1.54, 1.807) is 0 Å². The van der Waals surface area contributed by atoms with Gasteiger partial charge in [0.25, 0.3) is 0 Å². The number of nitrogens with two attached hydrogens (primary N) is 1. The second-order valence-corrected chi connectivity index (χ2v) is 6.86. The monoisotopic (exact) mass is 244 g/mol. The van der Waals surface area contributed by atoms with Crippen molar-refractivity contribution in [3.63, 3.8) is 0 Å². The van der Waals surface area contributed by atoms with Crippen molar-refractivity contribution >= 4 is 11.8 Å². The van der Waals surface area contributed by atoms with Crippen LogP contribution in [0.25, 0.3) is 0 Å². The second-order valence-electron chi connectivity index (χ2n) is 5.71. The van der Waals surface area contributed by atoms with Gasteiger partial charge in [-0.15, -0.1) is 0 Å². The van der Waals surface area contributed by atoms with Crippen LogP contribution in [0.3, 0.4) is 0 Å². The first-order chi connectivity index (χ1) is 7.59. The Labute approximate surface area is 105 Å². The average molecular weight is 244 g/mol. The van der Waals surface area contributed by atoms with Crippen molar-refractivity contribution in [3.8, 4) is 0 Å². The molecule has 1 atom stereocenters. The Hall–Kier alpha value is 0.270. The summed E-state index contributed by atoms with van der Waals surface area (Å²) in [5.41, 5.74) is 6.11. The summed E-state index contributed by atoms with van der Waals surface area (Å²) in [6.07, 6.45) is 4.02. The van der Waals surface area contributed by atoms with Crippen molar-refractivity contribution in [1.29, 1.82) is 0 Å². The van der Waals surface area contributed by atoms with E-state index in [1.807, 2.05) is 0 Å². The van der Waals surface area contributed by atoms with Gasteiger partial charge in [-0.05, 0) is 43.5 Å². The molecule has 0 spiro atoms. The van der Waals surface area contributed by atoms with Crippen molar-refractivity contribution < 1.29 is 0 Å². The molecule has 0 aromatic carbocycles. The van der Waals surface area contributed by atoms with Gasteiger partial charge < -0.3 is 5.73 Å². The van der Waals surface area contributed by atoms with E-state index in [4.69, 9.17) is 5.73 Å². The highest BCUT2D eigenvalue weighted by molar-refractivity contribution is 7.99. The Balaban J connectivity index is 2.51. The average Bonchev–Trinajstić information content (AvgIpc) is 2.29. The van der Waals surface area contributed by atoms with Crippen LogP contribution in [0.1, 0.15) is 40.0 Å². The summed E-state index contributed by atoms with van der Waals surface area (Å²) in [6, 6.07) is 0.796. The van der Waals surface area contributed by atoms with Gasteiger partial charge in [0.2, 0.25) is 0 Å². The van der Waals surface area contributed by atoms with Crippen LogP contribution in [0.15, 0.2) is 0 Å². The standard InChI is InChI=1S/C13H28N2S/c1-4-7-15(11-13(2,3)10-14)12-6-5-8-16-9-12/h12H,4-11,14H2,1-3H3. The van der Waals surface area contributed by atoms with Crippen molar-refractivity contribution in [2.24, 2.45) is 11.1 Å². The predicted octanol–water partition coefficient (Wildman–Crippen LogP) is 2.58. The maximum Gasteiger partial charge on any atom is 0.0186 e. The van der Waals surface area contributed by atoms with E-state index in [1.165, 1.54) is 37.3 Å². The fourth-order valence-electron chi connectivity index (χ4n) is 2.30. The smallest absolute Gasteiger partial charge is 0.0186 e. The highest BCUT2D eigenvalue weighted by Crippen LogP contribution is 2.25. The molecule has 0 saturated carbocycles. The lowest BCUT2D eigenvalue weighted by molar-refractivity contribution is 0.135. The quantitative estimate of drug-likeness (QED) is 0.779. The molecule has 1 aliphatic rings. The van der Waals surface area contributed by atoms with Gasteiger partial charge in [-0.1, -0.05) is 20.8 Å². The number of thioether (sulfide) groups is 1. The highest BCUT2D eigenvalue weighted by atomic mass is 32.2. The minimum atomic E-state index is 0.261. The molecule has 16 heavy (non-hydrogen) atoms. The van der Waals surface area contributed by atoms with E-state index in [0.29, 0.717) is 0 Å². The molecule has 2 nitrogen and oxygen atoms in total. The Morgan fingerprint density at radius 3 is 2.69 bits per heavy atom. The zero-order valence-corrected chi connectivity index (χ0v) is 12.0. The van der Waals surface area contributed by atoms with Crippen LogP contribution < -0.4 is 5.73 Å². The molecule has 1 rings (SSSR count). The Morgan fingerprint density at radius 1 is 1.44 bits per heavy atom. The lowest BCUT2D eigenvalue weighted by Gasteiger charge is -2.38. The minimum absolute atomic E-state index is 0.261. The fourth-order valence-corrected chi connectivity index (χ4v) is 3.49. The summed E-state index contributed by atoms with van der Waals surface area (Å²) in [7, 11) is 0. The van der Waals surface area contributed by atoms with Gasteiger partial charge in [0.1, 0.15) is 0 Å². The lowest BCUT2D eigenvalue weighted by Crippen LogP contribution is -2.46. The molecule has 0 bridgehead atoms. The zero-order chi connectivity index (χ0) is 12.0. The molecule has 0 aromatic heterocycles. The third-order valence-electron chi connectivity index (χ3n) is 3.35. The van der Waals surface area contributed by atoms with Crippen LogP contribution in [-0.2, 0) is 0 Å².